The van der Waals surface area contributed by atoms with E-state index in [0.717, 1.165) is 6.42 Å². The third-order valence-electron chi connectivity index (χ3n) is 4.02. The lowest BCUT2D eigenvalue weighted by molar-refractivity contribution is -0.126. The van der Waals surface area contributed by atoms with Crippen molar-refractivity contribution in [3.05, 3.63) is 0 Å². The Kier molecular flexibility index (Phi) is 5.72. The minimum absolute atomic E-state index is 0.155. The number of aliphatic imine (C=N–C) groups is 1. The summed E-state index contributed by atoms with van der Waals surface area (Å²) in [5.74, 6) is 0.567. The molecule has 1 fully saturated rings. The molecule has 1 N–H and O–H groups in total. The van der Waals surface area contributed by atoms with Crippen LogP contribution in [0.15, 0.2) is 4.99 Å². The summed E-state index contributed by atoms with van der Waals surface area (Å²) >= 11 is 0. The molecule has 0 radical (unpaired) electrons. The third kappa shape index (κ3) is 4.61. The molecule has 1 unspecified atom stereocenters. The van der Waals surface area contributed by atoms with Gasteiger partial charge in [-0.25, -0.2) is 4.79 Å². The zero-order valence-electron chi connectivity index (χ0n) is 15.3. The van der Waals surface area contributed by atoms with E-state index in [0.29, 0.717) is 32.0 Å². The molecule has 2 aliphatic heterocycles. The highest BCUT2D eigenvalue weighted by Gasteiger charge is 2.38. The maximum atomic E-state index is 12.7. The number of nitrogens with zero attached hydrogens (tertiary/aromatic N) is 2. The van der Waals surface area contributed by atoms with Gasteiger partial charge in [0.1, 0.15) is 24.3 Å². The minimum Gasteiger partial charge on any atom is -0.478 e. The average Bonchev–Trinajstić information content (AvgIpc) is 3.13. The second kappa shape index (κ2) is 7.40. The van der Waals surface area contributed by atoms with Crippen LogP contribution in [-0.4, -0.2) is 60.2 Å². The molecule has 1 saturated heterocycles. The SMILES string of the molecule is CC(C)[C@@H](NC(=O)C1CCCN1C(=O)OC(C)(C)C)C1=NCCO1. The summed E-state index contributed by atoms with van der Waals surface area (Å²) in [6.07, 6.45) is 1.00. The van der Waals surface area contributed by atoms with Gasteiger partial charge in [0.05, 0.1) is 6.54 Å². The molecule has 0 aromatic heterocycles. The highest BCUT2D eigenvalue weighted by atomic mass is 16.6. The van der Waals surface area contributed by atoms with E-state index in [-0.39, 0.29) is 17.9 Å². The van der Waals surface area contributed by atoms with Crippen LogP contribution in [0.3, 0.4) is 0 Å². The molecule has 2 amide bonds. The van der Waals surface area contributed by atoms with Crippen molar-refractivity contribution >= 4 is 17.9 Å². The number of amides is 2. The van der Waals surface area contributed by atoms with Crippen molar-refractivity contribution in [1.82, 2.24) is 10.2 Å². The minimum atomic E-state index is -0.576. The molecular formula is C17H29N3O4. The van der Waals surface area contributed by atoms with E-state index >= 15 is 0 Å². The summed E-state index contributed by atoms with van der Waals surface area (Å²) in [5, 5.41) is 3.00. The molecule has 0 aliphatic carbocycles. The number of rotatable bonds is 4. The Morgan fingerprint density at radius 3 is 2.62 bits per heavy atom. The van der Waals surface area contributed by atoms with Gasteiger partial charge in [-0.3, -0.25) is 14.7 Å². The molecule has 24 heavy (non-hydrogen) atoms. The zero-order valence-corrected chi connectivity index (χ0v) is 15.3. The number of hydrogen-bond donors (Lipinski definition) is 1. The van der Waals surface area contributed by atoms with Gasteiger partial charge in [0.15, 0.2) is 0 Å². The molecule has 7 nitrogen and oxygen atoms in total. The number of hydrogen-bond acceptors (Lipinski definition) is 5. The predicted molar refractivity (Wildman–Crippen MR) is 91.0 cm³/mol. The molecular weight excluding hydrogens is 310 g/mol. The molecule has 7 heteroatoms. The monoisotopic (exact) mass is 339 g/mol. The van der Waals surface area contributed by atoms with Crippen molar-refractivity contribution in [3.63, 3.8) is 0 Å². The molecule has 0 saturated carbocycles. The van der Waals surface area contributed by atoms with Crippen LogP contribution >= 0.6 is 0 Å². The lowest BCUT2D eigenvalue weighted by atomic mass is 10.0. The van der Waals surface area contributed by atoms with Gasteiger partial charge in [0, 0.05) is 6.54 Å². The molecule has 2 heterocycles. The van der Waals surface area contributed by atoms with E-state index in [9.17, 15) is 9.59 Å². The van der Waals surface area contributed by atoms with Gasteiger partial charge >= 0.3 is 6.09 Å². The van der Waals surface area contributed by atoms with E-state index in [1.165, 1.54) is 4.90 Å². The van der Waals surface area contributed by atoms with Crippen molar-refractivity contribution in [1.29, 1.82) is 0 Å². The molecule has 136 valence electrons. The summed E-state index contributed by atoms with van der Waals surface area (Å²) in [5.41, 5.74) is -0.576. The van der Waals surface area contributed by atoms with E-state index in [1.54, 1.807) is 0 Å². The van der Waals surface area contributed by atoms with Crippen molar-refractivity contribution in [2.45, 2.75) is 65.1 Å². The largest absolute Gasteiger partial charge is 0.478 e. The van der Waals surface area contributed by atoms with Crippen LogP contribution in [-0.2, 0) is 14.3 Å². The number of likely N-dealkylation sites (tertiary alicyclic amines) is 1. The van der Waals surface area contributed by atoms with Crippen LogP contribution in [0.2, 0.25) is 0 Å². The fourth-order valence-corrected chi connectivity index (χ4v) is 2.88. The first kappa shape index (κ1) is 18.5. The molecule has 0 bridgehead atoms. The Morgan fingerprint density at radius 1 is 1.38 bits per heavy atom. The van der Waals surface area contributed by atoms with Gasteiger partial charge in [-0.2, -0.15) is 0 Å². The van der Waals surface area contributed by atoms with Gasteiger partial charge in [-0.15, -0.1) is 0 Å². The Labute approximate surface area is 143 Å². The number of carbonyl (C=O) groups excluding carboxylic acids is 2. The first-order chi connectivity index (χ1) is 11.2. The second-order valence-corrected chi connectivity index (χ2v) is 7.63. The summed E-state index contributed by atoms with van der Waals surface area (Å²) in [6.45, 7) is 11.2. The van der Waals surface area contributed by atoms with Crippen LogP contribution < -0.4 is 5.32 Å². The lowest BCUT2D eigenvalue weighted by Gasteiger charge is -2.29. The molecule has 2 aliphatic rings. The van der Waals surface area contributed by atoms with E-state index in [1.807, 2.05) is 34.6 Å². The molecule has 0 aromatic carbocycles. The fraction of sp³-hybridized carbons (Fsp3) is 0.824. The molecule has 2 rings (SSSR count). The standard InChI is InChI=1S/C17H29N3O4/c1-11(2)13(15-18-8-10-23-15)19-14(21)12-7-6-9-20(12)16(22)24-17(3,4)5/h11-13H,6-10H2,1-5H3,(H,19,21)/t12?,13-/m1/s1. The fourth-order valence-electron chi connectivity index (χ4n) is 2.88. The Hall–Kier alpha value is -1.79. The maximum Gasteiger partial charge on any atom is 0.410 e. The first-order valence-electron chi connectivity index (χ1n) is 8.66. The quantitative estimate of drug-likeness (QED) is 0.849. The Morgan fingerprint density at radius 2 is 2.08 bits per heavy atom. The Bertz CT molecular complexity index is 510. The van der Waals surface area contributed by atoms with Crippen LogP contribution in [0.25, 0.3) is 0 Å². The van der Waals surface area contributed by atoms with Crippen LogP contribution in [0, 0.1) is 5.92 Å². The normalized spacial score (nSPS) is 22.2. The van der Waals surface area contributed by atoms with Crippen LogP contribution in [0.5, 0.6) is 0 Å². The number of carbonyl (C=O) groups is 2. The summed E-state index contributed by atoms with van der Waals surface area (Å²) in [6, 6.07) is -0.760. The highest BCUT2D eigenvalue weighted by Crippen LogP contribution is 2.21. The highest BCUT2D eigenvalue weighted by molar-refractivity contribution is 5.92. The lowest BCUT2D eigenvalue weighted by Crippen LogP contribution is -2.53. The van der Waals surface area contributed by atoms with Crippen LogP contribution in [0.4, 0.5) is 4.79 Å². The third-order valence-corrected chi connectivity index (χ3v) is 4.02. The van der Waals surface area contributed by atoms with Gasteiger partial charge in [-0.05, 0) is 39.5 Å². The second-order valence-electron chi connectivity index (χ2n) is 7.63. The number of ether oxygens (including phenoxy) is 2. The smallest absolute Gasteiger partial charge is 0.410 e. The molecule has 2 atom stereocenters. The van der Waals surface area contributed by atoms with Gasteiger partial charge < -0.3 is 14.8 Å². The van der Waals surface area contributed by atoms with Crippen LogP contribution in [0.1, 0.15) is 47.5 Å². The maximum absolute atomic E-state index is 12.7. The van der Waals surface area contributed by atoms with E-state index in [4.69, 9.17) is 9.47 Å². The first-order valence-corrected chi connectivity index (χ1v) is 8.66. The van der Waals surface area contributed by atoms with Crippen molar-refractivity contribution in [2.24, 2.45) is 10.9 Å². The molecule has 0 spiro atoms. The summed E-state index contributed by atoms with van der Waals surface area (Å²) in [7, 11) is 0. The molecule has 0 aromatic rings. The summed E-state index contributed by atoms with van der Waals surface area (Å²) < 4.78 is 10.9. The average molecular weight is 339 g/mol. The Balaban J connectivity index is 2.03. The van der Waals surface area contributed by atoms with E-state index < -0.39 is 17.7 Å². The topological polar surface area (TPSA) is 80.2 Å². The van der Waals surface area contributed by atoms with Gasteiger partial charge in [0.2, 0.25) is 11.8 Å². The summed E-state index contributed by atoms with van der Waals surface area (Å²) in [4.78, 5) is 30.9. The number of nitrogens with one attached hydrogen (secondary N) is 1. The van der Waals surface area contributed by atoms with Gasteiger partial charge in [0.25, 0.3) is 0 Å². The van der Waals surface area contributed by atoms with Crippen molar-refractivity contribution in [3.8, 4) is 0 Å². The zero-order chi connectivity index (χ0) is 17.9. The van der Waals surface area contributed by atoms with Gasteiger partial charge in [-0.1, -0.05) is 13.8 Å². The predicted octanol–water partition coefficient (Wildman–Crippen LogP) is 1.96. The van der Waals surface area contributed by atoms with E-state index in [2.05, 4.69) is 10.3 Å². The van der Waals surface area contributed by atoms with Crippen molar-refractivity contribution in [2.75, 3.05) is 19.7 Å². The van der Waals surface area contributed by atoms with Crippen molar-refractivity contribution < 1.29 is 19.1 Å².